The number of rotatable bonds is 4. The van der Waals surface area contributed by atoms with Crippen LogP contribution in [0.25, 0.3) is 10.9 Å². The summed E-state index contributed by atoms with van der Waals surface area (Å²) in [5.74, 6) is 0.104. The quantitative estimate of drug-likeness (QED) is 0.251. The first kappa shape index (κ1) is 20.5. The van der Waals surface area contributed by atoms with Crippen LogP contribution in [0.3, 0.4) is 0 Å². The predicted molar refractivity (Wildman–Crippen MR) is 117 cm³/mol. The molecule has 1 aromatic carbocycles. The summed E-state index contributed by atoms with van der Waals surface area (Å²) in [4.78, 5) is 22.8. The zero-order valence-corrected chi connectivity index (χ0v) is 19.7. The van der Waals surface area contributed by atoms with Gasteiger partial charge >= 0.3 is 5.97 Å². The maximum absolute atomic E-state index is 14.8. The second-order valence-corrected chi connectivity index (χ2v) is 9.93. The third-order valence-corrected chi connectivity index (χ3v) is 7.56. The van der Waals surface area contributed by atoms with Crippen molar-refractivity contribution < 1.29 is 13.9 Å². The van der Waals surface area contributed by atoms with Gasteiger partial charge in [0.1, 0.15) is 11.3 Å². The van der Waals surface area contributed by atoms with Crippen LogP contribution < -0.4 is 10.2 Å². The zero-order chi connectivity index (χ0) is 20.2. The van der Waals surface area contributed by atoms with Crippen molar-refractivity contribution in [3.05, 3.63) is 25.2 Å². The molecule has 0 spiro atoms. The Morgan fingerprint density at radius 2 is 2.32 bits per heavy atom. The first-order chi connectivity index (χ1) is 13.2. The first-order valence-corrected chi connectivity index (χ1v) is 11.2. The van der Waals surface area contributed by atoms with Gasteiger partial charge in [-0.2, -0.15) is 4.98 Å². The number of ether oxygens (including phenoxy) is 1. The fourth-order valence-electron chi connectivity index (χ4n) is 3.87. The Morgan fingerprint density at radius 3 is 3.04 bits per heavy atom. The molecule has 1 N–H and O–H groups in total. The van der Waals surface area contributed by atoms with Crippen molar-refractivity contribution in [3.63, 3.8) is 0 Å². The van der Waals surface area contributed by atoms with Gasteiger partial charge in [0.2, 0.25) is 5.28 Å². The SMILES string of the molecule is CC(C)CC(=O)O[C@]12C[C@@H](CN1)N(c1nc(Cl)nc3c(F)c(Br)c(I)cc13)C2. The molecule has 10 heteroatoms. The molecular weight excluding hydrogens is 565 g/mol. The Labute approximate surface area is 188 Å². The number of esters is 1. The van der Waals surface area contributed by atoms with Crippen molar-refractivity contribution in [2.75, 3.05) is 18.0 Å². The molecule has 2 bridgehead atoms. The Kier molecular flexibility index (Phi) is 5.47. The van der Waals surface area contributed by atoms with Gasteiger partial charge in [-0.05, 0) is 62.1 Å². The van der Waals surface area contributed by atoms with E-state index in [0.717, 1.165) is 3.57 Å². The van der Waals surface area contributed by atoms with Crippen LogP contribution in [0.1, 0.15) is 26.7 Å². The Balaban J connectivity index is 1.71. The number of piperazine rings is 1. The highest BCUT2D eigenvalue weighted by molar-refractivity contribution is 14.1. The lowest BCUT2D eigenvalue weighted by Crippen LogP contribution is -2.54. The van der Waals surface area contributed by atoms with Gasteiger partial charge in [-0.3, -0.25) is 10.1 Å². The van der Waals surface area contributed by atoms with Gasteiger partial charge < -0.3 is 9.64 Å². The smallest absolute Gasteiger partial charge is 0.307 e. The number of hydrogen-bond donors (Lipinski definition) is 1. The van der Waals surface area contributed by atoms with Crippen LogP contribution in [-0.2, 0) is 9.53 Å². The minimum Gasteiger partial charge on any atom is -0.442 e. The lowest BCUT2D eigenvalue weighted by Gasteiger charge is -2.34. The van der Waals surface area contributed by atoms with Crippen molar-refractivity contribution in [2.24, 2.45) is 5.92 Å². The lowest BCUT2D eigenvalue weighted by molar-refractivity contribution is -0.160. The van der Waals surface area contributed by atoms with Crippen molar-refractivity contribution in [1.29, 1.82) is 0 Å². The number of halogens is 4. The van der Waals surface area contributed by atoms with E-state index in [2.05, 4.69) is 53.8 Å². The second kappa shape index (κ2) is 7.48. The van der Waals surface area contributed by atoms with Gasteiger partial charge in [0.05, 0.1) is 11.0 Å². The fourth-order valence-corrected chi connectivity index (χ4v) is 4.89. The van der Waals surface area contributed by atoms with Crippen LogP contribution in [0.2, 0.25) is 5.28 Å². The molecule has 0 aliphatic carbocycles. The number of nitrogens with zero attached hydrogens (tertiary/aromatic N) is 3. The average molecular weight is 584 g/mol. The summed E-state index contributed by atoms with van der Waals surface area (Å²) in [6, 6.07) is 1.91. The van der Waals surface area contributed by atoms with E-state index in [4.69, 9.17) is 16.3 Å². The third-order valence-electron chi connectivity index (χ3n) is 5.03. The van der Waals surface area contributed by atoms with Gasteiger partial charge in [-0.15, -0.1) is 0 Å². The molecule has 0 amide bonds. The summed E-state index contributed by atoms with van der Waals surface area (Å²) < 4.78 is 21.6. The Hall–Kier alpha value is -0.780. The van der Waals surface area contributed by atoms with Gasteiger partial charge in [0.25, 0.3) is 0 Å². The molecule has 2 aliphatic rings. The van der Waals surface area contributed by atoms with E-state index in [1.54, 1.807) is 0 Å². The first-order valence-electron chi connectivity index (χ1n) is 8.93. The third kappa shape index (κ3) is 3.59. The molecular formula is C18H18BrClFIN4O2. The molecule has 0 unspecified atom stereocenters. The maximum Gasteiger partial charge on any atom is 0.307 e. The van der Waals surface area contributed by atoms with Gasteiger partial charge in [-0.1, -0.05) is 13.8 Å². The van der Waals surface area contributed by atoms with Crippen LogP contribution >= 0.6 is 50.1 Å². The summed E-state index contributed by atoms with van der Waals surface area (Å²) >= 11 is 11.4. The van der Waals surface area contributed by atoms with Crippen molar-refractivity contribution in [3.8, 4) is 0 Å². The average Bonchev–Trinajstić information content (AvgIpc) is 3.17. The number of carbonyl (C=O) groups excluding carboxylic acids is 1. The normalized spacial score (nSPS) is 23.8. The number of aromatic nitrogens is 2. The lowest BCUT2D eigenvalue weighted by atomic mass is 10.1. The number of hydrogen-bond acceptors (Lipinski definition) is 6. The van der Waals surface area contributed by atoms with Crippen molar-refractivity contribution in [1.82, 2.24) is 15.3 Å². The van der Waals surface area contributed by atoms with Gasteiger partial charge in [0, 0.05) is 34.4 Å². The second-order valence-electron chi connectivity index (χ2n) is 7.63. The van der Waals surface area contributed by atoms with E-state index in [1.165, 1.54) is 0 Å². The molecule has 6 nitrogen and oxygen atoms in total. The molecule has 4 rings (SSSR count). The van der Waals surface area contributed by atoms with E-state index in [1.807, 2.05) is 24.8 Å². The molecule has 2 aliphatic heterocycles. The highest BCUT2D eigenvalue weighted by Gasteiger charge is 2.53. The zero-order valence-electron chi connectivity index (χ0n) is 15.2. The molecule has 0 radical (unpaired) electrons. The van der Waals surface area contributed by atoms with Gasteiger partial charge in [0.15, 0.2) is 11.5 Å². The number of benzene rings is 1. The molecule has 2 atom stereocenters. The van der Waals surface area contributed by atoms with Crippen LogP contribution in [0.5, 0.6) is 0 Å². The van der Waals surface area contributed by atoms with Gasteiger partial charge in [-0.25, -0.2) is 9.37 Å². The van der Waals surface area contributed by atoms with Crippen LogP contribution in [-0.4, -0.2) is 40.8 Å². The minimum absolute atomic E-state index is 0.0175. The number of anilines is 1. The van der Waals surface area contributed by atoms with E-state index >= 15 is 0 Å². The highest BCUT2D eigenvalue weighted by atomic mass is 127. The summed E-state index contributed by atoms with van der Waals surface area (Å²) in [5.41, 5.74) is -0.578. The molecule has 150 valence electrons. The number of nitrogens with one attached hydrogen (secondary N) is 1. The minimum atomic E-state index is -0.749. The number of fused-ring (bicyclic) bond motifs is 3. The van der Waals surface area contributed by atoms with E-state index in [-0.39, 0.29) is 28.7 Å². The molecule has 0 saturated carbocycles. The Morgan fingerprint density at radius 1 is 1.57 bits per heavy atom. The summed E-state index contributed by atoms with van der Waals surface area (Å²) in [7, 11) is 0. The molecule has 2 fully saturated rings. The largest absolute Gasteiger partial charge is 0.442 e. The monoisotopic (exact) mass is 582 g/mol. The number of carbonyl (C=O) groups is 1. The van der Waals surface area contributed by atoms with Crippen LogP contribution in [0.15, 0.2) is 10.5 Å². The Bertz CT molecular complexity index is 978. The predicted octanol–water partition coefficient (Wildman–Crippen LogP) is 4.26. The topological polar surface area (TPSA) is 67.3 Å². The molecule has 28 heavy (non-hydrogen) atoms. The summed E-state index contributed by atoms with van der Waals surface area (Å²) in [6.45, 7) is 5.04. The standard InChI is InChI=1S/C18H18BrClFIN4O2/c1-8(2)3-12(27)28-18-5-9(6-23-18)26(7-18)16-10-4-11(22)13(19)14(21)15(10)24-17(20)25-16/h4,8-9,23H,3,5-7H2,1-2H3/t9-,18-/m0/s1. The van der Waals surface area contributed by atoms with Crippen LogP contribution in [0.4, 0.5) is 10.2 Å². The highest BCUT2D eigenvalue weighted by Crippen LogP contribution is 2.41. The van der Waals surface area contributed by atoms with E-state index in [9.17, 15) is 9.18 Å². The fraction of sp³-hybridized carbons (Fsp3) is 0.500. The van der Waals surface area contributed by atoms with Crippen LogP contribution in [0, 0.1) is 15.3 Å². The van der Waals surface area contributed by atoms with E-state index in [0.29, 0.717) is 41.6 Å². The molecule has 3 heterocycles. The molecule has 2 saturated heterocycles. The van der Waals surface area contributed by atoms with Crippen molar-refractivity contribution >= 4 is 72.8 Å². The molecule has 2 aromatic rings. The molecule has 1 aromatic heterocycles. The summed E-state index contributed by atoms with van der Waals surface area (Å²) in [5, 5.41) is 3.89. The maximum atomic E-state index is 14.8. The summed E-state index contributed by atoms with van der Waals surface area (Å²) in [6.07, 6.45) is 1.02. The van der Waals surface area contributed by atoms with E-state index < -0.39 is 11.5 Å². The van der Waals surface area contributed by atoms with Crippen molar-refractivity contribution in [2.45, 2.75) is 38.5 Å².